The number of hydrogen-bond donors (Lipinski definition) is 2. The molecule has 0 saturated carbocycles. The molecule has 0 spiro atoms. The van der Waals surface area contributed by atoms with Crippen molar-refractivity contribution in [2.75, 3.05) is 6.54 Å². The monoisotopic (exact) mass is 378 g/mol. The summed E-state index contributed by atoms with van der Waals surface area (Å²) in [4.78, 5) is 19.5. The van der Waals surface area contributed by atoms with E-state index in [2.05, 4.69) is 26.5 Å². The zero-order chi connectivity index (χ0) is 19.3. The minimum atomic E-state index is -0.412. The van der Waals surface area contributed by atoms with Gasteiger partial charge in [0.15, 0.2) is 0 Å². The predicted molar refractivity (Wildman–Crippen MR) is 103 cm³/mol. The van der Waals surface area contributed by atoms with E-state index in [1.165, 1.54) is 17.0 Å². The molecule has 4 aromatic rings. The first-order valence-electron chi connectivity index (χ1n) is 9.10. The third-order valence-corrected chi connectivity index (χ3v) is 4.54. The van der Waals surface area contributed by atoms with E-state index in [1.807, 2.05) is 24.4 Å². The van der Waals surface area contributed by atoms with Crippen LogP contribution in [0.3, 0.4) is 0 Å². The van der Waals surface area contributed by atoms with Crippen molar-refractivity contribution in [3.05, 3.63) is 72.0 Å². The van der Waals surface area contributed by atoms with Crippen molar-refractivity contribution >= 4 is 16.8 Å². The number of carbonyl (C=O) groups is 1. The fraction of sp³-hybridized carbons (Fsp3) is 0.190. The van der Waals surface area contributed by atoms with Gasteiger partial charge in [0.1, 0.15) is 5.82 Å². The molecular formula is C21H19FN4O2. The Bertz CT molecular complexity index is 1100. The molecule has 0 bridgehead atoms. The fourth-order valence-corrected chi connectivity index (χ4v) is 3.09. The third-order valence-electron chi connectivity index (χ3n) is 4.54. The van der Waals surface area contributed by atoms with Crippen molar-refractivity contribution in [2.45, 2.75) is 19.3 Å². The van der Waals surface area contributed by atoms with Gasteiger partial charge in [-0.15, -0.1) is 0 Å². The van der Waals surface area contributed by atoms with Crippen molar-refractivity contribution in [2.24, 2.45) is 0 Å². The van der Waals surface area contributed by atoms with E-state index in [9.17, 15) is 9.18 Å². The molecule has 0 atom stereocenters. The molecule has 0 aliphatic carbocycles. The number of hydrogen-bond acceptors (Lipinski definition) is 4. The molecule has 1 amide bonds. The topological polar surface area (TPSA) is 83.8 Å². The molecule has 4 rings (SSSR count). The van der Waals surface area contributed by atoms with Crippen LogP contribution in [0.25, 0.3) is 22.3 Å². The van der Waals surface area contributed by atoms with Gasteiger partial charge in [0, 0.05) is 36.5 Å². The van der Waals surface area contributed by atoms with Crippen LogP contribution in [0.4, 0.5) is 4.39 Å². The number of halogens is 1. The number of nitrogens with zero attached hydrogens (tertiary/aromatic N) is 2. The molecule has 0 saturated heterocycles. The maximum atomic E-state index is 13.8. The SMILES string of the molecule is O=C(CCc1nc(-c2ccccc2F)no1)NCCc1c[nH]c2ccccc12. The summed E-state index contributed by atoms with van der Waals surface area (Å²) in [6.45, 7) is 0.547. The second-order valence-corrected chi connectivity index (χ2v) is 6.45. The second kappa shape index (κ2) is 8.04. The Morgan fingerprint density at radius 2 is 1.93 bits per heavy atom. The van der Waals surface area contributed by atoms with Crippen LogP contribution < -0.4 is 5.32 Å². The summed E-state index contributed by atoms with van der Waals surface area (Å²) >= 11 is 0. The fourth-order valence-electron chi connectivity index (χ4n) is 3.09. The van der Waals surface area contributed by atoms with Crippen LogP contribution in [0.5, 0.6) is 0 Å². The summed E-state index contributed by atoms with van der Waals surface area (Å²) in [6.07, 6.45) is 3.25. The van der Waals surface area contributed by atoms with Gasteiger partial charge in [0.2, 0.25) is 17.6 Å². The Balaban J connectivity index is 1.26. The molecule has 2 heterocycles. The molecule has 0 aliphatic rings. The lowest BCUT2D eigenvalue weighted by Gasteiger charge is -2.03. The van der Waals surface area contributed by atoms with Gasteiger partial charge >= 0.3 is 0 Å². The molecule has 6 nitrogen and oxygen atoms in total. The van der Waals surface area contributed by atoms with Gasteiger partial charge in [0.25, 0.3) is 0 Å². The minimum Gasteiger partial charge on any atom is -0.361 e. The highest BCUT2D eigenvalue weighted by Gasteiger charge is 2.13. The average molecular weight is 378 g/mol. The minimum absolute atomic E-state index is 0.0921. The van der Waals surface area contributed by atoms with Crippen molar-refractivity contribution < 1.29 is 13.7 Å². The van der Waals surface area contributed by atoms with Gasteiger partial charge in [-0.3, -0.25) is 4.79 Å². The van der Waals surface area contributed by atoms with Crippen LogP contribution in [0.15, 0.2) is 59.3 Å². The van der Waals surface area contributed by atoms with E-state index in [4.69, 9.17) is 4.52 Å². The van der Waals surface area contributed by atoms with E-state index in [-0.39, 0.29) is 23.7 Å². The van der Waals surface area contributed by atoms with Crippen LogP contribution in [-0.4, -0.2) is 27.6 Å². The van der Waals surface area contributed by atoms with Crippen molar-refractivity contribution in [1.82, 2.24) is 20.4 Å². The molecule has 2 aromatic heterocycles. The Morgan fingerprint density at radius 3 is 2.82 bits per heavy atom. The maximum Gasteiger partial charge on any atom is 0.227 e. The Labute approximate surface area is 160 Å². The van der Waals surface area contributed by atoms with E-state index < -0.39 is 5.82 Å². The first kappa shape index (κ1) is 17.9. The van der Waals surface area contributed by atoms with Crippen LogP contribution in [0.1, 0.15) is 17.9 Å². The largest absolute Gasteiger partial charge is 0.361 e. The summed E-state index contributed by atoms with van der Waals surface area (Å²) in [5, 5.41) is 7.86. The maximum absolute atomic E-state index is 13.8. The number of aryl methyl sites for hydroxylation is 1. The number of aromatic nitrogens is 3. The van der Waals surface area contributed by atoms with Gasteiger partial charge < -0.3 is 14.8 Å². The van der Waals surface area contributed by atoms with Crippen LogP contribution in [0, 0.1) is 5.82 Å². The summed E-state index contributed by atoms with van der Waals surface area (Å²) < 4.78 is 18.9. The molecule has 2 aromatic carbocycles. The van der Waals surface area contributed by atoms with E-state index in [0.717, 1.165) is 11.9 Å². The number of fused-ring (bicyclic) bond motifs is 1. The van der Waals surface area contributed by atoms with Gasteiger partial charge in [-0.1, -0.05) is 35.5 Å². The first-order valence-corrected chi connectivity index (χ1v) is 9.10. The average Bonchev–Trinajstić information content (AvgIpc) is 3.34. The zero-order valence-electron chi connectivity index (χ0n) is 15.1. The number of H-pyrrole nitrogens is 1. The summed E-state index contributed by atoms with van der Waals surface area (Å²) in [6, 6.07) is 14.3. The highest BCUT2D eigenvalue weighted by atomic mass is 19.1. The highest BCUT2D eigenvalue weighted by Crippen LogP contribution is 2.20. The van der Waals surface area contributed by atoms with E-state index in [1.54, 1.807) is 18.2 Å². The molecule has 0 fully saturated rings. The number of rotatable bonds is 7. The van der Waals surface area contributed by atoms with Crippen LogP contribution in [-0.2, 0) is 17.6 Å². The van der Waals surface area contributed by atoms with Gasteiger partial charge in [0.05, 0.1) is 5.56 Å². The van der Waals surface area contributed by atoms with Crippen LogP contribution >= 0.6 is 0 Å². The number of aromatic amines is 1. The van der Waals surface area contributed by atoms with Gasteiger partial charge in [-0.05, 0) is 30.2 Å². The van der Waals surface area contributed by atoms with E-state index >= 15 is 0 Å². The second-order valence-electron chi connectivity index (χ2n) is 6.45. The third kappa shape index (κ3) is 3.93. The van der Waals surface area contributed by atoms with Crippen molar-refractivity contribution in [1.29, 1.82) is 0 Å². The number of nitrogens with one attached hydrogen (secondary N) is 2. The number of para-hydroxylation sites is 1. The molecule has 142 valence electrons. The zero-order valence-corrected chi connectivity index (χ0v) is 15.1. The van der Waals surface area contributed by atoms with Crippen molar-refractivity contribution in [3.63, 3.8) is 0 Å². The Morgan fingerprint density at radius 1 is 1.11 bits per heavy atom. The smallest absolute Gasteiger partial charge is 0.227 e. The number of carbonyl (C=O) groups excluding carboxylic acids is 1. The standard InChI is InChI=1S/C21H19FN4O2/c22-17-7-3-1-6-16(17)21-25-20(28-26-21)10-9-19(27)23-12-11-14-13-24-18-8-4-2-5-15(14)18/h1-8,13,24H,9-12H2,(H,23,27). The lowest BCUT2D eigenvalue weighted by atomic mass is 10.1. The lowest BCUT2D eigenvalue weighted by molar-refractivity contribution is -0.121. The molecule has 7 heteroatoms. The number of amides is 1. The van der Waals surface area contributed by atoms with Gasteiger partial charge in [-0.25, -0.2) is 4.39 Å². The normalized spacial score (nSPS) is 11.0. The first-order chi connectivity index (χ1) is 13.7. The molecule has 2 N–H and O–H groups in total. The summed E-state index contributed by atoms with van der Waals surface area (Å²) in [5.74, 6) is -0.00627. The Kier molecular flexibility index (Phi) is 5.14. The number of benzene rings is 2. The summed E-state index contributed by atoms with van der Waals surface area (Å²) in [5.41, 5.74) is 2.54. The molecule has 0 aliphatic heterocycles. The predicted octanol–water partition coefficient (Wildman–Crippen LogP) is 3.65. The molecule has 28 heavy (non-hydrogen) atoms. The Hall–Kier alpha value is -3.48. The summed E-state index contributed by atoms with van der Waals surface area (Å²) in [7, 11) is 0. The van der Waals surface area contributed by atoms with E-state index in [0.29, 0.717) is 18.9 Å². The highest BCUT2D eigenvalue weighted by molar-refractivity contribution is 5.83. The van der Waals surface area contributed by atoms with Gasteiger partial charge in [-0.2, -0.15) is 4.98 Å². The molecule has 0 unspecified atom stereocenters. The lowest BCUT2D eigenvalue weighted by Crippen LogP contribution is -2.25. The molecule has 0 radical (unpaired) electrons. The van der Waals surface area contributed by atoms with Crippen molar-refractivity contribution in [3.8, 4) is 11.4 Å². The quantitative estimate of drug-likeness (QED) is 0.514. The van der Waals surface area contributed by atoms with Crippen LogP contribution in [0.2, 0.25) is 0 Å². The molecular weight excluding hydrogens is 359 g/mol.